The minimum absolute atomic E-state index is 0.0504. The van der Waals surface area contributed by atoms with E-state index >= 15 is 4.39 Å². The number of nitrogens with zero attached hydrogens (tertiary/aromatic N) is 5. The first-order valence-electron chi connectivity index (χ1n) is 14.7. The van der Waals surface area contributed by atoms with Gasteiger partial charge in [0.1, 0.15) is 47.5 Å². The van der Waals surface area contributed by atoms with E-state index < -0.39 is 51.3 Å². The number of ether oxygens (including phenoxy) is 2. The van der Waals surface area contributed by atoms with Crippen molar-refractivity contribution >= 4 is 28.3 Å². The Morgan fingerprint density at radius 1 is 1.18 bits per heavy atom. The number of piperazine rings is 1. The van der Waals surface area contributed by atoms with E-state index in [-0.39, 0.29) is 54.1 Å². The first kappa shape index (κ1) is 28.3. The Balaban J connectivity index is 1.31. The van der Waals surface area contributed by atoms with E-state index in [0.717, 1.165) is 44.4 Å². The Hall–Kier alpha value is -3.23. The van der Waals surface area contributed by atoms with Gasteiger partial charge in [-0.05, 0) is 44.4 Å². The molecule has 1 aromatic carbocycles. The summed E-state index contributed by atoms with van der Waals surface area (Å²) in [5.41, 5.74) is -3.70. The zero-order valence-electron chi connectivity index (χ0n) is 23.3. The van der Waals surface area contributed by atoms with Crippen LogP contribution in [0.25, 0.3) is 22.2 Å². The van der Waals surface area contributed by atoms with Gasteiger partial charge in [0.25, 0.3) is 0 Å². The van der Waals surface area contributed by atoms with E-state index in [2.05, 4.69) is 20.2 Å². The molecule has 0 radical (unpaired) electrons. The Morgan fingerprint density at radius 3 is 2.84 bits per heavy atom. The predicted octanol–water partition coefficient (Wildman–Crippen LogP) is 4.87. The van der Waals surface area contributed by atoms with Crippen LogP contribution in [0.5, 0.6) is 17.6 Å². The number of halogens is 6. The van der Waals surface area contributed by atoms with Crippen LogP contribution in [0.4, 0.5) is 27.8 Å². The first-order valence-corrected chi connectivity index (χ1v) is 15.1. The Labute approximate surface area is 253 Å². The molecule has 234 valence electrons. The van der Waals surface area contributed by atoms with Crippen LogP contribution in [0.1, 0.15) is 37.7 Å². The lowest BCUT2D eigenvalue weighted by atomic mass is 9.95. The van der Waals surface area contributed by atoms with E-state index in [4.69, 9.17) is 26.1 Å². The zero-order valence-corrected chi connectivity index (χ0v) is 24.1. The maximum absolute atomic E-state index is 16.6. The molecule has 0 unspecified atom stereocenters. The van der Waals surface area contributed by atoms with Crippen molar-refractivity contribution in [3.63, 3.8) is 0 Å². The van der Waals surface area contributed by atoms with Gasteiger partial charge in [0, 0.05) is 37.2 Å². The van der Waals surface area contributed by atoms with Gasteiger partial charge < -0.3 is 24.8 Å². The van der Waals surface area contributed by atoms with Crippen molar-refractivity contribution in [1.82, 2.24) is 25.2 Å². The van der Waals surface area contributed by atoms with Crippen LogP contribution < -0.4 is 19.7 Å². The lowest BCUT2D eigenvalue weighted by Gasteiger charge is -2.40. The van der Waals surface area contributed by atoms with Crippen LogP contribution in [0.2, 0.25) is 5.02 Å². The number of rotatable bonds is 4. The molecule has 9 nitrogen and oxygen atoms in total. The molecule has 0 saturated carbocycles. The number of nitrogens with one attached hydrogen (secondary N) is 1. The molecule has 4 saturated heterocycles. The van der Waals surface area contributed by atoms with Gasteiger partial charge in [0.05, 0.1) is 22.2 Å². The quantitative estimate of drug-likeness (QED) is 0.388. The number of aromatic nitrogens is 3. The van der Waals surface area contributed by atoms with Crippen molar-refractivity contribution in [2.45, 2.75) is 68.1 Å². The number of anilines is 1. The standard InChI is InChI=1S/C29H28ClF5N6O3/c30-17-7-15(42)6-16(21(17)29(33,34)35)23-22(32)24-20-25(41-10-14-2-3-18(36-14)19(41)11-43-26(20)37-23)39-27(38-24)44-12-28-4-1-5-40(28)9-13(31)8-28/h6-7,13-14,18-19,36,42H,1-5,8-12H2/t13-,14+,18-,19+,28-/m0/s1. The second-order valence-electron chi connectivity index (χ2n) is 12.4. The fourth-order valence-corrected chi connectivity index (χ4v) is 8.20. The van der Waals surface area contributed by atoms with Crippen LogP contribution in [-0.4, -0.2) is 87.6 Å². The molecule has 44 heavy (non-hydrogen) atoms. The molecule has 2 aromatic heterocycles. The fraction of sp³-hybridized carbons (Fsp3) is 0.552. The summed E-state index contributed by atoms with van der Waals surface area (Å²) in [7, 11) is 0. The first-order chi connectivity index (χ1) is 21.0. The largest absolute Gasteiger partial charge is 0.508 e. The molecule has 4 fully saturated rings. The smallest absolute Gasteiger partial charge is 0.418 e. The summed E-state index contributed by atoms with van der Waals surface area (Å²) < 4.78 is 85.8. The molecule has 15 heteroatoms. The third-order valence-corrected chi connectivity index (χ3v) is 10.1. The third-order valence-electron chi connectivity index (χ3n) is 9.78. The average molecular weight is 639 g/mol. The van der Waals surface area contributed by atoms with Gasteiger partial charge in [-0.1, -0.05) is 11.6 Å². The van der Waals surface area contributed by atoms with Crippen LogP contribution in [0, 0.1) is 5.82 Å². The molecule has 7 heterocycles. The number of hydrogen-bond acceptors (Lipinski definition) is 9. The monoisotopic (exact) mass is 638 g/mol. The molecule has 0 spiro atoms. The highest BCUT2D eigenvalue weighted by Gasteiger charge is 2.50. The normalized spacial score (nSPS) is 29.5. The summed E-state index contributed by atoms with van der Waals surface area (Å²) in [5.74, 6) is -1.58. The van der Waals surface area contributed by atoms with Crippen molar-refractivity contribution in [2.24, 2.45) is 0 Å². The van der Waals surface area contributed by atoms with Crippen molar-refractivity contribution in [3.8, 4) is 28.9 Å². The fourth-order valence-electron chi connectivity index (χ4n) is 7.88. The van der Waals surface area contributed by atoms with Gasteiger partial charge in [-0.25, -0.2) is 13.8 Å². The molecular formula is C29H28ClF5N6O3. The lowest BCUT2D eigenvalue weighted by Crippen LogP contribution is -2.60. The molecule has 3 aromatic rings. The molecule has 5 aliphatic heterocycles. The number of benzene rings is 1. The Morgan fingerprint density at radius 2 is 2.02 bits per heavy atom. The van der Waals surface area contributed by atoms with Gasteiger partial charge in [0.15, 0.2) is 5.82 Å². The number of pyridine rings is 1. The van der Waals surface area contributed by atoms with E-state index in [1.54, 1.807) is 0 Å². The second-order valence-corrected chi connectivity index (χ2v) is 12.8. The number of alkyl halides is 4. The van der Waals surface area contributed by atoms with Gasteiger partial charge in [0.2, 0.25) is 5.88 Å². The predicted molar refractivity (Wildman–Crippen MR) is 150 cm³/mol. The summed E-state index contributed by atoms with van der Waals surface area (Å²) in [6, 6.07) is 1.33. The number of fused-ring (bicyclic) bond motifs is 6. The summed E-state index contributed by atoms with van der Waals surface area (Å²) >= 11 is 5.93. The lowest BCUT2D eigenvalue weighted by molar-refractivity contribution is -0.137. The van der Waals surface area contributed by atoms with Crippen molar-refractivity contribution in [1.29, 1.82) is 0 Å². The summed E-state index contributed by atoms with van der Waals surface area (Å²) in [4.78, 5) is 17.4. The molecule has 2 N–H and O–H groups in total. The van der Waals surface area contributed by atoms with E-state index in [1.807, 2.05) is 4.90 Å². The number of phenols is 1. The van der Waals surface area contributed by atoms with E-state index in [9.17, 15) is 22.7 Å². The van der Waals surface area contributed by atoms with E-state index in [0.29, 0.717) is 25.3 Å². The maximum Gasteiger partial charge on any atom is 0.418 e. The molecule has 0 amide bonds. The molecule has 0 aliphatic carbocycles. The molecular weight excluding hydrogens is 611 g/mol. The molecule has 5 aliphatic rings. The zero-order chi connectivity index (χ0) is 30.5. The van der Waals surface area contributed by atoms with Crippen LogP contribution >= 0.6 is 11.6 Å². The van der Waals surface area contributed by atoms with Gasteiger partial charge in [-0.2, -0.15) is 23.1 Å². The van der Waals surface area contributed by atoms with Crippen molar-refractivity contribution in [2.75, 3.05) is 37.7 Å². The van der Waals surface area contributed by atoms with Crippen molar-refractivity contribution in [3.05, 3.63) is 28.5 Å². The van der Waals surface area contributed by atoms with E-state index in [1.165, 1.54) is 0 Å². The third kappa shape index (κ3) is 4.35. The van der Waals surface area contributed by atoms with Gasteiger partial charge in [-0.15, -0.1) is 0 Å². The Kier molecular flexibility index (Phi) is 6.35. The number of aromatic hydroxyl groups is 1. The molecule has 5 atom stereocenters. The highest BCUT2D eigenvalue weighted by molar-refractivity contribution is 6.32. The molecule has 8 rings (SSSR count). The van der Waals surface area contributed by atoms with Crippen LogP contribution in [0.3, 0.4) is 0 Å². The summed E-state index contributed by atoms with van der Waals surface area (Å²) in [6.07, 6.45) is -2.22. The second kappa shape index (κ2) is 9.88. The van der Waals surface area contributed by atoms with Crippen LogP contribution in [-0.2, 0) is 6.18 Å². The number of phenolic OH excluding ortho intramolecular Hbond substituents is 1. The summed E-state index contributed by atoms with van der Waals surface area (Å²) in [5, 5.41) is 13.0. The average Bonchev–Trinajstić information content (AvgIpc) is 3.59. The topological polar surface area (TPSA) is 95.9 Å². The molecule has 2 bridgehead atoms. The van der Waals surface area contributed by atoms with Gasteiger partial charge >= 0.3 is 12.2 Å². The minimum atomic E-state index is -4.99. The van der Waals surface area contributed by atoms with Crippen molar-refractivity contribution < 1.29 is 36.5 Å². The summed E-state index contributed by atoms with van der Waals surface area (Å²) in [6.45, 7) is 1.80. The van der Waals surface area contributed by atoms with Crippen LogP contribution in [0.15, 0.2) is 12.1 Å². The van der Waals surface area contributed by atoms with Gasteiger partial charge in [-0.3, -0.25) is 4.90 Å². The maximum atomic E-state index is 16.6. The number of hydrogen-bond donors (Lipinski definition) is 2. The highest BCUT2D eigenvalue weighted by Crippen LogP contribution is 2.48. The Bertz CT molecular complexity index is 1680. The minimum Gasteiger partial charge on any atom is -0.508 e. The highest BCUT2D eigenvalue weighted by atomic mass is 35.5. The SMILES string of the molecule is Oc1cc(Cl)c(C(F)(F)F)c(-c2nc3c4c(nc(OC[C@@]56CCCN5C[C@@H](F)C6)nc4c2F)N2C[C@H]4CC[C@H](N4)[C@H]2CO3)c1.